The Bertz CT molecular complexity index is 1400. The van der Waals surface area contributed by atoms with Crippen molar-refractivity contribution in [3.05, 3.63) is 107 Å². The van der Waals surface area contributed by atoms with Gasteiger partial charge in [0, 0.05) is 5.92 Å². The minimum Gasteiger partial charge on any atom is -0.457 e. The van der Waals surface area contributed by atoms with E-state index in [1.54, 1.807) is 0 Å². The second-order valence-corrected chi connectivity index (χ2v) is 11.1. The molecule has 1 amide bonds. The number of rotatable bonds is 7. The second-order valence-electron chi connectivity index (χ2n) is 11.1. The maximum absolute atomic E-state index is 13.1. The maximum atomic E-state index is 13.1. The summed E-state index contributed by atoms with van der Waals surface area (Å²) in [5, 5.41) is 7.90. The Morgan fingerprint density at radius 2 is 1.68 bits per heavy atom. The number of amides is 1. The summed E-state index contributed by atoms with van der Waals surface area (Å²) in [6.07, 6.45) is 0.890. The second kappa shape index (κ2) is 9.89. The van der Waals surface area contributed by atoms with Crippen LogP contribution in [0.1, 0.15) is 61.2 Å². The van der Waals surface area contributed by atoms with Crippen LogP contribution in [-0.4, -0.2) is 15.7 Å². The monoisotopic (exact) mass is 493 g/mol. The van der Waals surface area contributed by atoms with E-state index in [0.717, 1.165) is 40.6 Å². The number of nitrogens with one attached hydrogen (secondary N) is 1. The molecular weight excluding hydrogens is 458 g/mol. The summed E-state index contributed by atoms with van der Waals surface area (Å²) >= 11 is 0. The van der Waals surface area contributed by atoms with Crippen molar-refractivity contribution in [1.82, 2.24) is 9.78 Å². The van der Waals surface area contributed by atoms with E-state index in [4.69, 9.17) is 9.84 Å². The first kappa shape index (κ1) is 24.8. The third-order valence-corrected chi connectivity index (χ3v) is 7.17. The first-order valence-corrected chi connectivity index (χ1v) is 13.0. The van der Waals surface area contributed by atoms with E-state index in [0.29, 0.717) is 6.54 Å². The van der Waals surface area contributed by atoms with Gasteiger partial charge in [-0.1, -0.05) is 75.4 Å². The Balaban J connectivity index is 1.24. The van der Waals surface area contributed by atoms with Crippen LogP contribution in [0, 0.1) is 19.8 Å². The molecule has 1 aromatic heterocycles. The molecule has 5 nitrogen and oxygen atoms in total. The Hall–Kier alpha value is -3.86. The summed E-state index contributed by atoms with van der Waals surface area (Å²) in [4.78, 5) is 13.1. The van der Waals surface area contributed by atoms with Crippen molar-refractivity contribution in [2.24, 2.45) is 5.92 Å². The van der Waals surface area contributed by atoms with Gasteiger partial charge in [0.15, 0.2) is 0 Å². The molecule has 0 saturated heterocycles. The van der Waals surface area contributed by atoms with Crippen LogP contribution in [0.25, 0.3) is 0 Å². The van der Waals surface area contributed by atoms with Crippen molar-refractivity contribution >= 4 is 11.6 Å². The van der Waals surface area contributed by atoms with E-state index in [9.17, 15) is 4.79 Å². The number of nitrogens with zero attached hydrogens (tertiary/aromatic N) is 2. The molecule has 5 rings (SSSR count). The summed E-state index contributed by atoms with van der Waals surface area (Å²) in [6, 6.07) is 26.5. The van der Waals surface area contributed by atoms with Crippen molar-refractivity contribution in [2.45, 2.75) is 58.9 Å². The van der Waals surface area contributed by atoms with E-state index in [1.165, 1.54) is 11.1 Å². The Labute approximate surface area is 219 Å². The zero-order valence-corrected chi connectivity index (χ0v) is 22.3. The molecule has 0 spiro atoms. The lowest BCUT2D eigenvalue weighted by molar-refractivity contribution is -0.117. The van der Waals surface area contributed by atoms with Crippen LogP contribution in [0.15, 0.2) is 78.9 Å². The summed E-state index contributed by atoms with van der Waals surface area (Å²) < 4.78 is 7.93. The number of aryl methyl sites for hydroxylation is 1. The first-order valence-electron chi connectivity index (χ1n) is 13.0. The number of hydrogen-bond donors (Lipinski definition) is 1. The lowest BCUT2D eigenvalue weighted by Gasteiger charge is -2.19. The smallest absolute Gasteiger partial charge is 0.228 e. The highest BCUT2D eigenvalue weighted by Crippen LogP contribution is 2.48. The summed E-state index contributed by atoms with van der Waals surface area (Å²) in [6.45, 7) is 11.2. The van der Waals surface area contributed by atoms with E-state index in [1.807, 2.05) is 67.1 Å². The van der Waals surface area contributed by atoms with Crippen molar-refractivity contribution in [3.63, 3.8) is 0 Å². The normalized spacial score (nSPS) is 16.9. The number of carbonyl (C=O) groups is 1. The van der Waals surface area contributed by atoms with Crippen LogP contribution in [0.5, 0.6) is 11.5 Å². The minimum absolute atomic E-state index is 0.00875. The van der Waals surface area contributed by atoms with Gasteiger partial charge < -0.3 is 10.1 Å². The number of anilines is 1. The molecule has 0 radical (unpaired) electrons. The molecule has 190 valence electrons. The lowest BCUT2D eigenvalue weighted by atomic mass is 9.86. The Morgan fingerprint density at radius 3 is 2.38 bits per heavy atom. The number of para-hydroxylation sites is 1. The van der Waals surface area contributed by atoms with Crippen molar-refractivity contribution in [1.29, 1.82) is 0 Å². The molecule has 5 heteroatoms. The average Bonchev–Trinajstić information content (AvgIpc) is 3.63. The van der Waals surface area contributed by atoms with E-state index in [-0.39, 0.29) is 23.2 Å². The molecule has 1 aliphatic rings. The zero-order chi connectivity index (χ0) is 26.2. The fourth-order valence-corrected chi connectivity index (χ4v) is 4.84. The highest BCUT2D eigenvalue weighted by atomic mass is 16.5. The fraction of sp³-hybridized carbons (Fsp3) is 0.312. The van der Waals surface area contributed by atoms with Crippen molar-refractivity contribution in [3.8, 4) is 11.5 Å². The van der Waals surface area contributed by atoms with E-state index >= 15 is 0 Å². The topological polar surface area (TPSA) is 56.1 Å². The molecular formula is C32H35N3O2. The molecule has 0 bridgehead atoms. The number of ether oxygens (including phenoxy) is 1. The predicted molar refractivity (Wildman–Crippen MR) is 148 cm³/mol. The van der Waals surface area contributed by atoms with Crippen LogP contribution in [0.2, 0.25) is 0 Å². The van der Waals surface area contributed by atoms with Gasteiger partial charge in [0.1, 0.15) is 11.5 Å². The van der Waals surface area contributed by atoms with Crippen LogP contribution in [-0.2, 0) is 16.8 Å². The van der Waals surface area contributed by atoms with E-state index in [2.05, 4.69) is 56.4 Å². The first-order chi connectivity index (χ1) is 17.7. The quantitative estimate of drug-likeness (QED) is 0.292. The Morgan fingerprint density at radius 1 is 0.973 bits per heavy atom. The lowest BCUT2D eigenvalue weighted by Crippen LogP contribution is -2.16. The molecule has 0 aliphatic heterocycles. The molecule has 1 aliphatic carbocycles. The van der Waals surface area contributed by atoms with Gasteiger partial charge in [0.25, 0.3) is 0 Å². The molecule has 1 fully saturated rings. The number of benzene rings is 3. The average molecular weight is 494 g/mol. The zero-order valence-electron chi connectivity index (χ0n) is 22.3. The summed E-state index contributed by atoms with van der Waals surface area (Å²) in [7, 11) is 0. The third kappa shape index (κ3) is 5.61. The van der Waals surface area contributed by atoms with Gasteiger partial charge in [-0.15, -0.1) is 0 Å². The SMILES string of the molecule is Cc1nn(Cc2cccc(Oc3ccccc3)c2)c(C)c1NC(=O)[C@@H]1C[C@@H]1c1ccc(C(C)(C)C)cc1. The predicted octanol–water partition coefficient (Wildman–Crippen LogP) is 7.38. The largest absolute Gasteiger partial charge is 0.457 e. The van der Waals surface area contributed by atoms with Crippen molar-refractivity contribution in [2.75, 3.05) is 5.32 Å². The maximum Gasteiger partial charge on any atom is 0.228 e. The summed E-state index contributed by atoms with van der Waals surface area (Å²) in [5.74, 6) is 1.97. The van der Waals surface area contributed by atoms with E-state index < -0.39 is 0 Å². The van der Waals surface area contributed by atoms with Gasteiger partial charge in [0.2, 0.25) is 5.91 Å². The number of carbonyl (C=O) groups excluding carboxylic acids is 1. The molecule has 1 heterocycles. The molecule has 1 N–H and O–H groups in total. The standard InChI is InChI=1S/C32H35N3O2/c1-21-30(33-31(36)29-19-28(29)24-14-16-25(17-15-24)32(3,4)5)22(2)35(34-21)20-23-10-9-13-27(18-23)37-26-11-7-6-8-12-26/h6-18,28-29H,19-20H2,1-5H3,(H,33,36)/t28-,29-/m1/s1. The van der Waals surface area contributed by atoms with Crippen LogP contribution < -0.4 is 10.1 Å². The summed E-state index contributed by atoms with van der Waals surface area (Å²) in [5.41, 5.74) is 6.36. The third-order valence-electron chi connectivity index (χ3n) is 7.17. The number of hydrogen-bond acceptors (Lipinski definition) is 3. The van der Waals surface area contributed by atoms with Crippen LogP contribution >= 0.6 is 0 Å². The van der Waals surface area contributed by atoms with Crippen LogP contribution in [0.3, 0.4) is 0 Å². The molecule has 0 unspecified atom stereocenters. The molecule has 2 atom stereocenters. The molecule has 3 aromatic carbocycles. The number of aromatic nitrogens is 2. The van der Waals surface area contributed by atoms with Gasteiger partial charge in [-0.25, -0.2) is 0 Å². The molecule has 37 heavy (non-hydrogen) atoms. The van der Waals surface area contributed by atoms with Gasteiger partial charge in [-0.2, -0.15) is 5.10 Å². The van der Waals surface area contributed by atoms with Crippen LogP contribution in [0.4, 0.5) is 5.69 Å². The van der Waals surface area contributed by atoms with Gasteiger partial charge >= 0.3 is 0 Å². The highest BCUT2D eigenvalue weighted by Gasteiger charge is 2.44. The molecule has 1 saturated carbocycles. The Kier molecular flexibility index (Phi) is 6.63. The highest BCUT2D eigenvalue weighted by molar-refractivity contribution is 5.96. The van der Waals surface area contributed by atoms with Gasteiger partial charge in [-0.05, 0) is 72.6 Å². The minimum atomic E-state index is 0.00875. The fourth-order valence-electron chi connectivity index (χ4n) is 4.84. The molecule has 4 aromatic rings. The van der Waals surface area contributed by atoms with Gasteiger partial charge in [-0.3, -0.25) is 9.48 Å². The van der Waals surface area contributed by atoms with Crippen molar-refractivity contribution < 1.29 is 9.53 Å². The van der Waals surface area contributed by atoms with Gasteiger partial charge in [0.05, 0.1) is 23.6 Å².